The molecule has 2 atom stereocenters. The van der Waals surface area contributed by atoms with Crippen molar-refractivity contribution in [2.24, 2.45) is 5.92 Å². The summed E-state index contributed by atoms with van der Waals surface area (Å²) in [5.41, 5.74) is 2.74. The number of aromatic nitrogens is 3. The number of rotatable bonds is 10. The van der Waals surface area contributed by atoms with Gasteiger partial charge in [0.1, 0.15) is 16.6 Å². The fourth-order valence-electron chi connectivity index (χ4n) is 3.62. The summed E-state index contributed by atoms with van der Waals surface area (Å²) in [5.74, 6) is 0.879. The van der Waals surface area contributed by atoms with Gasteiger partial charge in [0.25, 0.3) is 0 Å². The number of aliphatic hydroxyl groups excluding tert-OH is 1. The summed E-state index contributed by atoms with van der Waals surface area (Å²) in [7, 11) is 0. The summed E-state index contributed by atoms with van der Waals surface area (Å²) in [6.45, 7) is 9.60. The normalized spacial score (nSPS) is 13.1. The molecule has 2 unspecified atom stereocenters. The molecule has 4 rings (SSSR count). The Morgan fingerprint density at radius 3 is 2.43 bits per heavy atom. The van der Waals surface area contributed by atoms with E-state index in [2.05, 4.69) is 23.6 Å². The lowest BCUT2D eigenvalue weighted by atomic mass is 10.0. The lowest BCUT2D eigenvalue weighted by Gasteiger charge is -2.17. The van der Waals surface area contributed by atoms with E-state index in [0.717, 1.165) is 50.9 Å². The number of aryl methyl sites for hydroxylation is 1. The number of hydrogen-bond donors (Lipinski definition) is 5. The van der Waals surface area contributed by atoms with E-state index in [0.29, 0.717) is 12.5 Å². The molecule has 3 heterocycles. The van der Waals surface area contributed by atoms with Crippen molar-refractivity contribution in [3.8, 4) is 10.6 Å². The van der Waals surface area contributed by atoms with Crippen molar-refractivity contribution in [1.29, 1.82) is 0 Å². The minimum absolute atomic E-state index is 0.0654. The Bertz CT molecular complexity index is 1210. The molecular weight excluding hydrogens is 490 g/mol. The maximum atomic E-state index is 9.53. The molecule has 0 radical (unpaired) electrons. The zero-order valence-corrected chi connectivity index (χ0v) is 22.8. The first kappa shape index (κ1) is 28.5. The number of benzene rings is 1. The van der Waals surface area contributed by atoms with Crippen LogP contribution in [-0.2, 0) is 0 Å². The van der Waals surface area contributed by atoms with Gasteiger partial charge in [-0.05, 0) is 64.3 Å². The molecule has 0 spiro atoms. The first-order chi connectivity index (χ1) is 17.6. The molecule has 5 N–H and O–H groups in total. The molecule has 3 aromatic heterocycles. The molecule has 9 nitrogen and oxygen atoms in total. The number of nitrogens with one attached hydrogen (secondary N) is 2. The minimum atomic E-state index is -1.50. The van der Waals surface area contributed by atoms with Crippen molar-refractivity contribution < 1.29 is 19.7 Å². The largest absolute Gasteiger partial charge is 0.467 e. The number of anilines is 2. The molecular formula is C27H37N5O4S. The number of furan rings is 1. The number of fused-ring (bicyclic) bond motifs is 1. The number of thiazole rings is 1. The second-order valence-electron chi connectivity index (χ2n) is 9.39. The lowest BCUT2D eigenvalue weighted by Crippen LogP contribution is -2.15. The van der Waals surface area contributed by atoms with Gasteiger partial charge in [0.05, 0.1) is 33.8 Å². The van der Waals surface area contributed by atoms with Crippen LogP contribution in [0, 0.1) is 12.8 Å². The van der Waals surface area contributed by atoms with Crippen molar-refractivity contribution in [1.82, 2.24) is 15.0 Å². The second-order valence-corrected chi connectivity index (χ2v) is 10.4. The summed E-state index contributed by atoms with van der Waals surface area (Å²) in [6, 6.07) is 11.9. The number of para-hydroxylation sites is 1. The summed E-state index contributed by atoms with van der Waals surface area (Å²) in [6.07, 6.45) is 3.47. The molecule has 0 aliphatic rings. The highest BCUT2D eigenvalue weighted by Crippen LogP contribution is 2.36. The van der Waals surface area contributed by atoms with Gasteiger partial charge in [0.2, 0.25) is 5.95 Å². The predicted octanol–water partition coefficient (Wildman–Crippen LogP) is 5.36. The SMILES string of the molecule is CC(C)(O)O.CCC(CO)CCNc1nc(NC(C)c2ccco2)nc(C)c1-c1nc2ccccc2s1. The van der Waals surface area contributed by atoms with E-state index in [-0.39, 0.29) is 18.6 Å². The van der Waals surface area contributed by atoms with Crippen LogP contribution in [0.15, 0.2) is 47.1 Å². The molecule has 10 heteroatoms. The van der Waals surface area contributed by atoms with Crippen LogP contribution < -0.4 is 10.6 Å². The highest BCUT2D eigenvalue weighted by molar-refractivity contribution is 7.21. The highest BCUT2D eigenvalue weighted by atomic mass is 32.1. The van der Waals surface area contributed by atoms with Crippen LogP contribution in [0.2, 0.25) is 0 Å². The molecule has 1 aromatic carbocycles. The Labute approximate surface area is 221 Å². The molecule has 0 aliphatic heterocycles. The monoisotopic (exact) mass is 527 g/mol. The fourth-order valence-corrected chi connectivity index (χ4v) is 4.69. The lowest BCUT2D eigenvalue weighted by molar-refractivity contribution is -0.127. The zero-order valence-electron chi connectivity index (χ0n) is 22.0. The predicted molar refractivity (Wildman–Crippen MR) is 149 cm³/mol. The fraction of sp³-hybridized carbons (Fsp3) is 0.444. The third-order valence-electron chi connectivity index (χ3n) is 5.59. The summed E-state index contributed by atoms with van der Waals surface area (Å²) < 4.78 is 6.64. The standard InChI is InChI=1S/C24H29N5O2S.C3H8O2/c1-4-17(14-30)11-12-25-22-21(23-28-18-8-5-6-10-20(18)32-23)16(3)27-24(29-22)26-15(2)19-9-7-13-31-19;1-3(2,4)5/h5-10,13,15,17,30H,4,11-12,14H2,1-3H3,(H2,25,26,27,29);4-5H,1-2H3. The van der Waals surface area contributed by atoms with E-state index in [1.807, 2.05) is 44.2 Å². The first-order valence-electron chi connectivity index (χ1n) is 12.4. The maximum Gasteiger partial charge on any atom is 0.225 e. The summed E-state index contributed by atoms with van der Waals surface area (Å²) in [5, 5.41) is 33.4. The van der Waals surface area contributed by atoms with Crippen LogP contribution in [0.25, 0.3) is 20.8 Å². The van der Waals surface area contributed by atoms with Gasteiger partial charge in [-0.2, -0.15) is 4.98 Å². The van der Waals surface area contributed by atoms with Crippen LogP contribution in [0.3, 0.4) is 0 Å². The van der Waals surface area contributed by atoms with Crippen molar-refractivity contribution in [3.05, 3.63) is 54.1 Å². The van der Waals surface area contributed by atoms with E-state index in [1.54, 1.807) is 17.6 Å². The van der Waals surface area contributed by atoms with Crippen molar-refractivity contribution in [2.75, 3.05) is 23.8 Å². The van der Waals surface area contributed by atoms with Crippen LogP contribution in [0.5, 0.6) is 0 Å². The Balaban J connectivity index is 0.000000695. The number of nitrogens with zero attached hydrogens (tertiary/aromatic N) is 3. The molecule has 0 saturated carbocycles. The average Bonchev–Trinajstić information content (AvgIpc) is 3.50. The topological polar surface area (TPSA) is 137 Å². The Morgan fingerprint density at radius 1 is 1.08 bits per heavy atom. The Kier molecular flexibility index (Phi) is 9.99. The van der Waals surface area contributed by atoms with Crippen molar-refractivity contribution in [2.45, 2.75) is 59.3 Å². The van der Waals surface area contributed by atoms with Gasteiger partial charge >= 0.3 is 0 Å². The smallest absolute Gasteiger partial charge is 0.225 e. The molecule has 0 aliphatic carbocycles. The van der Waals surface area contributed by atoms with Gasteiger partial charge in [-0.3, -0.25) is 0 Å². The van der Waals surface area contributed by atoms with E-state index >= 15 is 0 Å². The summed E-state index contributed by atoms with van der Waals surface area (Å²) in [4.78, 5) is 14.4. The molecule has 0 fully saturated rings. The minimum Gasteiger partial charge on any atom is -0.467 e. The third kappa shape index (κ3) is 8.50. The van der Waals surface area contributed by atoms with Gasteiger partial charge < -0.3 is 30.4 Å². The van der Waals surface area contributed by atoms with Gasteiger partial charge in [0.15, 0.2) is 5.79 Å². The Hall–Kier alpha value is -3.05. The van der Waals surface area contributed by atoms with E-state index < -0.39 is 5.79 Å². The molecule has 4 aromatic rings. The van der Waals surface area contributed by atoms with Crippen LogP contribution in [0.4, 0.5) is 11.8 Å². The highest BCUT2D eigenvalue weighted by Gasteiger charge is 2.19. The quantitative estimate of drug-likeness (QED) is 0.173. The number of aliphatic hydroxyl groups is 3. The van der Waals surface area contributed by atoms with E-state index in [9.17, 15) is 5.11 Å². The molecule has 0 bridgehead atoms. The Morgan fingerprint density at radius 2 is 1.81 bits per heavy atom. The van der Waals surface area contributed by atoms with Crippen molar-refractivity contribution >= 4 is 33.3 Å². The van der Waals surface area contributed by atoms with Crippen LogP contribution in [-0.4, -0.2) is 49.2 Å². The van der Waals surface area contributed by atoms with Gasteiger partial charge in [0, 0.05) is 13.2 Å². The van der Waals surface area contributed by atoms with Gasteiger partial charge in [-0.1, -0.05) is 25.5 Å². The maximum absolute atomic E-state index is 9.53. The average molecular weight is 528 g/mol. The van der Waals surface area contributed by atoms with E-state index in [1.165, 1.54) is 13.8 Å². The van der Waals surface area contributed by atoms with Crippen molar-refractivity contribution in [3.63, 3.8) is 0 Å². The second kappa shape index (κ2) is 13.0. The van der Waals surface area contributed by atoms with Gasteiger partial charge in [-0.25, -0.2) is 9.97 Å². The zero-order chi connectivity index (χ0) is 27.0. The van der Waals surface area contributed by atoms with Gasteiger partial charge in [-0.15, -0.1) is 11.3 Å². The molecule has 200 valence electrons. The number of hydrogen-bond acceptors (Lipinski definition) is 10. The molecule has 0 amide bonds. The molecule has 37 heavy (non-hydrogen) atoms. The summed E-state index contributed by atoms with van der Waals surface area (Å²) >= 11 is 1.64. The third-order valence-corrected chi connectivity index (χ3v) is 6.65. The van der Waals surface area contributed by atoms with Crippen LogP contribution >= 0.6 is 11.3 Å². The molecule has 0 saturated heterocycles. The van der Waals surface area contributed by atoms with E-state index in [4.69, 9.17) is 29.6 Å². The van der Waals surface area contributed by atoms with Crippen LogP contribution in [0.1, 0.15) is 58.0 Å². The first-order valence-corrected chi connectivity index (χ1v) is 13.2.